The van der Waals surface area contributed by atoms with E-state index in [-0.39, 0.29) is 30.6 Å². The summed E-state index contributed by atoms with van der Waals surface area (Å²) in [5, 5.41) is 40.9. The van der Waals surface area contributed by atoms with Crippen molar-refractivity contribution in [2.24, 2.45) is 0 Å². The molecule has 0 fully saturated rings. The topological polar surface area (TPSA) is 80.9 Å². The highest BCUT2D eigenvalue weighted by Crippen LogP contribution is 2.44. The van der Waals surface area contributed by atoms with Gasteiger partial charge in [0, 0.05) is 30.3 Å². The van der Waals surface area contributed by atoms with Crippen molar-refractivity contribution >= 4 is 0 Å². The second-order valence-corrected chi connectivity index (χ2v) is 7.94. The highest BCUT2D eigenvalue weighted by Gasteiger charge is 2.26. The lowest BCUT2D eigenvalue weighted by Crippen LogP contribution is -2.09. The molecule has 0 saturated carbocycles. The number of hydrogen-bond acceptors (Lipinski definition) is 4. The van der Waals surface area contributed by atoms with Crippen LogP contribution < -0.4 is 0 Å². The van der Waals surface area contributed by atoms with Crippen molar-refractivity contribution in [1.82, 2.24) is 0 Å². The van der Waals surface area contributed by atoms with Gasteiger partial charge in [-0.3, -0.25) is 0 Å². The number of aliphatic hydroxyl groups is 2. The van der Waals surface area contributed by atoms with E-state index in [9.17, 15) is 20.4 Å². The van der Waals surface area contributed by atoms with Crippen molar-refractivity contribution in [2.45, 2.75) is 39.5 Å². The first-order chi connectivity index (χ1) is 14.4. The Bertz CT molecular complexity index is 978. The quantitative estimate of drug-likeness (QED) is 0.442. The lowest BCUT2D eigenvalue weighted by Gasteiger charge is -2.25. The minimum absolute atomic E-state index is 0.0228. The standard InChI is InChI=1S/C26H30O4/c1-16-6-4-5-7-21(16)24(22-14-19(8-10-27)12-17(2)25(22)29)23-15-20(9-11-28)13-18(3)26(23)30/h4-7,12-15,24,27-30H,8-11H2,1-3H3. The van der Waals surface area contributed by atoms with Crippen LogP contribution in [0.3, 0.4) is 0 Å². The number of phenols is 2. The number of aromatic hydroxyl groups is 2. The molecule has 3 rings (SSSR count). The highest BCUT2D eigenvalue weighted by molar-refractivity contribution is 5.59. The van der Waals surface area contributed by atoms with Crippen LogP contribution in [-0.2, 0) is 12.8 Å². The van der Waals surface area contributed by atoms with E-state index in [1.54, 1.807) is 0 Å². The predicted octanol–water partition coefficient (Wildman–Crippen LogP) is 4.27. The van der Waals surface area contributed by atoms with Crippen LogP contribution in [0.1, 0.15) is 50.4 Å². The van der Waals surface area contributed by atoms with Crippen molar-refractivity contribution in [3.63, 3.8) is 0 Å². The second-order valence-electron chi connectivity index (χ2n) is 7.94. The van der Waals surface area contributed by atoms with Crippen molar-refractivity contribution in [1.29, 1.82) is 0 Å². The minimum atomic E-state index is -0.388. The van der Waals surface area contributed by atoms with Crippen molar-refractivity contribution in [3.05, 3.63) is 93.0 Å². The van der Waals surface area contributed by atoms with Gasteiger partial charge in [0.1, 0.15) is 11.5 Å². The molecular formula is C26H30O4. The Hall–Kier alpha value is -2.82. The van der Waals surface area contributed by atoms with Crippen LogP contribution in [0.15, 0.2) is 48.5 Å². The normalized spacial score (nSPS) is 11.3. The summed E-state index contributed by atoms with van der Waals surface area (Å²) < 4.78 is 0. The third kappa shape index (κ3) is 4.35. The summed E-state index contributed by atoms with van der Waals surface area (Å²) in [6.45, 7) is 5.76. The summed E-state index contributed by atoms with van der Waals surface area (Å²) >= 11 is 0. The van der Waals surface area contributed by atoms with Crippen molar-refractivity contribution < 1.29 is 20.4 Å². The molecule has 0 aliphatic carbocycles. The Morgan fingerprint density at radius 3 is 1.53 bits per heavy atom. The molecule has 4 nitrogen and oxygen atoms in total. The van der Waals surface area contributed by atoms with Gasteiger partial charge in [0.2, 0.25) is 0 Å². The number of rotatable bonds is 7. The summed E-state index contributed by atoms with van der Waals surface area (Å²) in [6.07, 6.45) is 0.981. The minimum Gasteiger partial charge on any atom is -0.507 e. The molecule has 30 heavy (non-hydrogen) atoms. The molecule has 0 aliphatic heterocycles. The van der Waals surface area contributed by atoms with E-state index in [0.29, 0.717) is 24.0 Å². The summed E-state index contributed by atoms with van der Waals surface area (Å²) in [5.41, 5.74) is 6.77. The first-order valence-electron chi connectivity index (χ1n) is 10.3. The number of aliphatic hydroxyl groups excluding tert-OH is 2. The molecule has 3 aromatic carbocycles. The monoisotopic (exact) mass is 406 g/mol. The molecule has 0 heterocycles. The van der Waals surface area contributed by atoms with Crippen molar-refractivity contribution in [2.75, 3.05) is 13.2 Å². The Labute approximate surface area is 178 Å². The van der Waals surface area contributed by atoms with Crippen LogP contribution in [0.4, 0.5) is 0 Å². The Morgan fingerprint density at radius 2 is 1.10 bits per heavy atom. The molecule has 0 amide bonds. The molecule has 0 bridgehead atoms. The van der Waals surface area contributed by atoms with Gasteiger partial charge < -0.3 is 20.4 Å². The molecule has 0 radical (unpaired) electrons. The first-order valence-corrected chi connectivity index (χ1v) is 10.3. The zero-order valence-corrected chi connectivity index (χ0v) is 17.8. The van der Waals surface area contributed by atoms with Crippen molar-refractivity contribution in [3.8, 4) is 11.5 Å². The lowest BCUT2D eigenvalue weighted by atomic mass is 9.79. The molecule has 158 valence electrons. The molecular weight excluding hydrogens is 376 g/mol. The van der Waals surface area contributed by atoms with Crippen LogP contribution in [0.2, 0.25) is 0 Å². The van der Waals surface area contributed by atoms with Gasteiger partial charge in [-0.1, -0.05) is 48.5 Å². The van der Waals surface area contributed by atoms with Crippen LogP contribution in [-0.4, -0.2) is 33.6 Å². The van der Waals surface area contributed by atoms with Gasteiger partial charge in [0.15, 0.2) is 0 Å². The molecule has 0 aliphatic rings. The number of aryl methyl sites for hydroxylation is 3. The summed E-state index contributed by atoms with van der Waals surface area (Å²) in [7, 11) is 0. The van der Waals surface area contributed by atoms with E-state index in [0.717, 1.165) is 33.4 Å². The zero-order chi connectivity index (χ0) is 21.8. The van der Waals surface area contributed by atoms with E-state index in [1.807, 2.05) is 69.3 Å². The molecule has 0 saturated heterocycles. The summed E-state index contributed by atoms with van der Waals surface area (Å²) in [4.78, 5) is 0. The van der Waals surface area contributed by atoms with Gasteiger partial charge in [0.05, 0.1) is 0 Å². The Balaban J connectivity index is 2.34. The molecule has 3 aromatic rings. The molecule has 0 atom stereocenters. The van der Waals surface area contributed by atoms with Gasteiger partial charge in [0.25, 0.3) is 0 Å². The maximum atomic E-state index is 11.0. The maximum absolute atomic E-state index is 11.0. The average molecular weight is 407 g/mol. The average Bonchev–Trinajstić information content (AvgIpc) is 2.71. The van der Waals surface area contributed by atoms with E-state index in [1.165, 1.54) is 0 Å². The fraction of sp³-hybridized carbons (Fsp3) is 0.308. The fourth-order valence-corrected chi connectivity index (χ4v) is 4.17. The van der Waals surface area contributed by atoms with Gasteiger partial charge in [-0.2, -0.15) is 0 Å². The van der Waals surface area contributed by atoms with Gasteiger partial charge in [-0.15, -0.1) is 0 Å². The number of phenolic OH excluding ortho intramolecular Hbond substituents is 2. The predicted molar refractivity (Wildman–Crippen MR) is 119 cm³/mol. The maximum Gasteiger partial charge on any atom is 0.122 e. The van der Waals surface area contributed by atoms with E-state index in [2.05, 4.69) is 0 Å². The number of benzene rings is 3. The van der Waals surface area contributed by atoms with Gasteiger partial charge in [-0.05, 0) is 67.0 Å². The van der Waals surface area contributed by atoms with Crippen LogP contribution >= 0.6 is 0 Å². The lowest BCUT2D eigenvalue weighted by molar-refractivity contribution is 0.299. The smallest absolute Gasteiger partial charge is 0.122 e. The van der Waals surface area contributed by atoms with Gasteiger partial charge >= 0.3 is 0 Å². The van der Waals surface area contributed by atoms with E-state index >= 15 is 0 Å². The van der Waals surface area contributed by atoms with Crippen LogP contribution in [0, 0.1) is 20.8 Å². The van der Waals surface area contributed by atoms with Crippen LogP contribution in [0.5, 0.6) is 11.5 Å². The first kappa shape index (κ1) is 21.9. The highest BCUT2D eigenvalue weighted by atomic mass is 16.3. The van der Waals surface area contributed by atoms with E-state index in [4.69, 9.17) is 0 Å². The zero-order valence-electron chi connectivity index (χ0n) is 17.8. The third-order valence-electron chi connectivity index (χ3n) is 5.70. The molecule has 0 spiro atoms. The summed E-state index contributed by atoms with van der Waals surface area (Å²) in [6, 6.07) is 15.6. The molecule has 0 aromatic heterocycles. The SMILES string of the molecule is Cc1ccccc1C(c1cc(CCO)cc(C)c1O)c1cc(CCO)cc(C)c1O. The molecule has 4 N–H and O–H groups in total. The Morgan fingerprint density at radius 1 is 0.633 bits per heavy atom. The fourth-order valence-electron chi connectivity index (χ4n) is 4.17. The summed E-state index contributed by atoms with van der Waals surface area (Å²) in [5.74, 6) is -0.00926. The van der Waals surface area contributed by atoms with E-state index < -0.39 is 0 Å². The largest absolute Gasteiger partial charge is 0.507 e. The third-order valence-corrected chi connectivity index (χ3v) is 5.70. The van der Waals surface area contributed by atoms with Gasteiger partial charge in [-0.25, -0.2) is 0 Å². The molecule has 0 unspecified atom stereocenters. The molecule has 4 heteroatoms. The number of hydrogen-bond donors (Lipinski definition) is 4. The van der Waals surface area contributed by atoms with Crippen LogP contribution in [0.25, 0.3) is 0 Å². The second kappa shape index (κ2) is 9.33. The Kier molecular flexibility index (Phi) is 6.80.